The lowest BCUT2D eigenvalue weighted by Gasteiger charge is -2.08. The van der Waals surface area contributed by atoms with Crippen LogP contribution in [-0.4, -0.2) is 13.1 Å². The van der Waals surface area contributed by atoms with Crippen molar-refractivity contribution >= 4 is 46.5 Å². The van der Waals surface area contributed by atoms with Crippen molar-refractivity contribution in [1.82, 2.24) is 0 Å². The van der Waals surface area contributed by atoms with E-state index < -0.39 is 5.97 Å². The Morgan fingerprint density at radius 1 is 1.33 bits per heavy atom. The third-order valence-corrected chi connectivity index (χ3v) is 3.22. The highest BCUT2D eigenvalue weighted by Gasteiger charge is 2.15. The van der Waals surface area contributed by atoms with E-state index in [4.69, 9.17) is 40.5 Å². The average Bonchev–Trinajstić information content (AvgIpc) is 2.22. The Morgan fingerprint density at radius 3 is 2.47 bits per heavy atom. The minimum atomic E-state index is -0.422. The highest BCUT2D eigenvalue weighted by atomic mass is 35.5. The molecule has 0 aliphatic carbocycles. The van der Waals surface area contributed by atoms with E-state index in [2.05, 4.69) is 4.74 Å². The second-order valence-electron chi connectivity index (χ2n) is 2.82. The van der Waals surface area contributed by atoms with Crippen molar-refractivity contribution < 1.29 is 9.53 Å². The molecule has 0 heterocycles. The summed E-state index contributed by atoms with van der Waals surface area (Å²) in [5.41, 5.74) is 6.36. The fourth-order valence-corrected chi connectivity index (χ4v) is 1.68. The topological polar surface area (TPSA) is 52.3 Å². The number of hydrogen-bond donors (Lipinski definition) is 1. The fraction of sp³-hybridized carbons (Fsp3) is 0.222. The van der Waals surface area contributed by atoms with Crippen LogP contribution < -0.4 is 5.73 Å². The van der Waals surface area contributed by atoms with Crippen molar-refractivity contribution in [2.24, 2.45) is 0 Å². The summed E-state index contributed by atoms with van der Waals surface area (Å²) < 4.78 is 4.50. The Morgan fingerprint density at radius 2 is 1.93 bits per heavy atom. The lowest BCUT2D eigenvalue weighted by Crippen LogP contribution is -2.06. The highest BCUT2D eigenvalue weighted by Crippen LogP contribution is 2.37. The van der Waals surface area contributed by atoms with Crippen LogP contribution in [0.25, 0.3) is 0 Å². The number of esters is 1. The largest absolute Gasteiger partial charge is 0.469 e. The highest BCUT2D eigenvalue weighted by molar-refractivity contribution is 6.49. The Labute approximate surface area is 102 Å². The first-order chi connectivity index (χ1) is 6.97. The van der Waals surface area contributed by atoms with Gasteiger partial charge >= 0.3 is 5.97 Å². The van der Waals surface area contributed by atoms with Crippen molar-refractivity contribution in [3.05, 3.63) is 26.7 Å². The van der Waals surface area contributed by atoms with Gasteiger partial charge in [0.05, 0.1) is 34.3 Å². The zero-order chi connectivity index (χ0) is 11.6. The predicted octanol–water partition coefficient (Wildman–Crippen LogP) is 2.94. The van der Waals surface area contributed by atoms with Crippen molar-refractivity contribution in [2.45, 2.75) is 6.42 Å². The van der Waals surface area contributed by atoms with Gasteiger partial charge in [0.2, 0.25) is 0 Å². The molecule has 0 fully saturated rings. The van der Waals surface area contributed by atoms with E-state index in [0.717, 1.165) is 0 Å². The molecule has 1 aromatic carbocycles. The van der Waals surface area contributed by atoms with Crippen LogP contribution in [0.15, 0.2) is 6.07 Å². The smallest absolute Gasteiger partial charge is 0.310 e. The van der Waals surface area contributed by atoms with Gasteiger partial charge in [-0.1, -0.05) is 34.8 Å². The van der Waals surface area contributed by atoms with Gasteiger partial charge in [-0.25, -0.2) is 0 Å². The molecule has 3 nitrogen and oxygen atoms in total. The zero-order valence-electron chi connectivity index (χ0n) is 7.81. The number of anilines is 1. The van der Waals surface area contributed by atoms with E-state index in [9.17, 15) is 4.79 Å². The number of rotatable bonds is 2. The average molecular weight is 269 g/mol. The summed E-state index contributed by atoms with van der Waals surface area (Å²) >= 11 is 17.5. The van der Waals surface area contributed by atoms with Crippen LogP contribution in [0.4, 0.5) is 5.69 Å². The van der Waals surface area contributed by atoms with Crippen LogP contribution in [0.5, 0.6) is 0 Å². The number of hydrogen-bond acceptors (Lipinski definition) is 3. The fourth-order valence-electron chi connectivity index (χ4n) is 1.03. The minimum absolute atomic E-state index is 0.0103. The first-order valence-electron chi connectivity index (χ1n) is 3.96. The molecule has 1 rings (SSSR count). The molecule has 6 heteroatoms. The Hall–Kier alpha value is -0.640. The molecule has 15 heavy (non-hydrogen) atoms. The van der Waals surface area contributed by atoms with Gasteiger partial charge in [-0.3, -0.25) is 4.79 Å². The molecule has 0 aliphatic heterocycles. The summed E-state index contributed by atoms with van der Waals surface area (Å²) in [6.45, 7) is 0. The molecule has 2 N–H and O–H groups in total. The maximum Gasteiger partial charge on any atom is 0.310 e. The van der Waals surface area contributed by atoms with Crippen LogP contribution >= 0.6 is 34.8 Å². The normalized spacial score (nSPS) is 10.1. The van der Waals surface area contributed by atoms with E-state index >= 15 is 0 Å². The second-order valence-corrected chi connectivity index (χ2v) is 3.95. The number of halogens is 3. The van der Waals surface area contributed by atoms with E-state index in [0.29, 0.717) is 5.56 Å². The summed E-state index contributed by atoms with van der Waals surface area (Å²) in [5, 5.41) is 0.564. The van der Waals surface area contributed by atoms with E-state index in [1.165, 1.54) is 13.2 Å². The third kappa shape index (κ3) is 2.68. The molecule has 0 radical (unpaired) electrons. The van der Waals surface area contributed by atoms with E-state index in [1.54, 1.807) is 0 Å². The molecule has 0 aliphatic rings. The van der Waals surface area contributed by atoms with Crippen molar-refractivity contribution in [3.63, 3.8) is 0 Å². The summed E-state index contributed by atoms with van der Waals surface area (Å²) in [6, 6.07) is 1.51. The molecule has 1 aromatic rings. The van der Waals surface area contributed by atoms with E-state index in [-0.39, 0.29) is 27.2 Å². The quantitative estimate of drug-likeness (QED) is 0.510. The SMILES string of the molecule is COC(=O)Cc1cc(N)c(Cl)c(Cl)c1Cl. The molecule has 0 unspecified atom stereocenters. The minimum Gasteiger partial charge on any atom is -0.469 e. The van der Waals surface area contributed by atoms with Gasteiger partial charge in [0.15, 0.2) is 0 Å². The maximum atomic E-state index is 11.0. The Bertz CT molecular complexity index is 407. The van der Waals surface area contributed by atoms with Gasteiger partial charge in [0.1, 0.15) is 0 Å². The molecular formula is C9H8Cl3NO2. The third-order valence-electron chi connectivity index (χ3n) is 1.81. The molecule has 0 saturated carbocycles. The Kier molecular flexibility index (Phi) is 4.08. The van der Waals surface area contributed by atoms with Crippen molar-refractivity contribution in [1.29, 1.82) is 0 Å². The van der Waals surface area contributed by atoms with Crippen LogP contribution in [0.3, 0.4) is 0 Å². The number of methoxy groups -OCH3 is 1. The summed E-state index contributed by atoms with van der Waals surface area (Å²) in [4.78, 5) is 11.0. The van der Waals surface area contributed by atoms with Gasteiger partial charge in [0, 0.05) is 0 Å². The molecule has 0 saturated heterocycles. The summed E-state index contributed by atoms with van der Waals surface area (Å²) in [7, 11) is 1.29. The lowest BCUT2D eigenvalue weighted by molar-refractivity contribution is -0.139. The predicted molar refractivity (Wildman–Crippen MR) is 61.6 cm³/mol. The van der Waals surface area contributed by atoms with Gasteiger partial charge in [-0.05, 0) is 11.6 Å². The van der Waals surface area contributed by atoms with Gasteiger partial charge in [0.25, 0.3) is 0 Å². The van der Waals surface area contributed by atoms with Crippen molar-refractivity contribution in [3.8, 4) is 0 Å². The van der Waals surface area contributed by atoms with Crippen LogP contribution in [0.1, 0.15) is 5.56 Å². The number of nitrogens with two attached hydrogens (primary N) is 1. The first kappa shape index (κ1) is 12.4. The number of nitrogen functional groups attached to an aromatic ring is 1. The molecule has 0 spiro atoms. The maximum absolute atomic E-state index is 11.0. The van der Waals surface area contributed by atoms with Crippen LogP contribution in [-0.2, 0) is 16.0 Å². The summed E-state index contributed by atoms with van der Waals surface area (Å²) in [5.74, 6) is -0.422. The molecule has 0 atom stereocenters. The molecular weight excluding hydrogens is 260 g/mol. The van der Waals surface area contributed by atoms with Gasteiger partial charge < -0.3 is 10.5 Å². The molecule has 0 amide bonds. The molecule has 82 valence electrons. The second kappa shape index (κ2) is 4.92. The summed E-state index contributed by atoms with van der Waals surface area (Å²) in [6.07, 6.45) is 0.0103. The van der Waals surface area contributed by atoms with Crippen LogP contribution in [0.2, 0.25) is 15.1 Å². The van der Waals surface area contributed by atoms with E-state index in [1.807, 2.05) is 0 Å². The lowest BCUT2D eigenvalue weighted by atomic mass is 10.1. The van der Waals surface area contributed by atoms with Gasteiger partial charge in [-0.2, -0.15) is 0 Å². The molecule has 0 bridgehead atoms. The zero-order valence-corrected chi connectivity index (χ0v) is 10.1. The number of carbonyl (C=O) groups excluding carboxylic acids is 1. The number of benzene rings is 1. The van der Waals surface area contributed by atoms with Crippen molar-refractivity contribution in [2.75, 3.05) is 12.8 Å². The van der Waals surface area contributed by atoms with Crippen LogP contribution in [0, 0.1) is 0 Å². The first-order valence-corrected chi connectivity index (χ1v) is 5.09. The van der Waals surface area contributed by atoms with Gasteiger partial charge in [-0.15, -0.1) is 0 Å². The number of carbonyl (C=O) groups is 1. The monoisotopic (exact) mass is 267 g/mol. The standard InChI is InChI=1S/C9H8Cl3NO2/c1-15-6(14)3-4-2-5(13)8(11)9(12)7(4)10/h2H,3,13H2,1H3. The molecule has 0 aromatic heterocycles. The Balaban J connectivity index is 3.15. The number of ether oxygens (including phenoxy) is 1.